The van der Waals surface area contributed by atoms with E-state index in [1.54, 1.807) is 11.8 Å². The van der Waals surface area contributed by atoms with Crippen molar-refractivity contribution in [3.05, 3.63) is 30.3 Å². The van der Waals surface area contributed by atoms with Crippen molar-refractivity contribution in [2.45, 2.75) is 30.6 Å². The fraction of sp³-hybridized carbons (Fsp3) is 0.462. The van der Waals surface area contributed by atoms with Crippen LogP contribution in [-0.2, 0) is 4.79 Å². The van der Waals surface area contributed by atoms with Crippen LogP contribution in [0.4, 0.5) is 0 Å². The van der Waals surface area contributed by atoms with Gasteiger partial charge in [0, 0.05) is 4.90 Å². The number of carboxylic acids is 1. The molecule has 0 aromatic heterocycles. The lowest BCUT2D eigenvalue weighted by molar-refractivity contribution is -0.154. The maximum atomic E-state index is 11.1. The summed E-state index contributed by atoms with van der Waals surface area (Å²) in [4.78, 5) is 12.4. The fourth-order valence-corrected chi connectivity index (χ4v) is 3.13. The monoisotopic (exact) mass is 236 g/mol. The van der Waals surface area contributed by atoms with Crippen LogP contribution in [0.2, 0.25) is 0 Å². The first-order valence-corrected chi connectivity index (χ1v) is 6.63. The zero-order chi connectivity index (χ0) is 11.4. The number of carboxylic acid groups (broad SMARTS) is 1. The highest BCUT2D eigenvalue weighted by Crippen LogP contribution is 2.45. The highest BCUT2D eigenvalue weighted by atomic mass is 32.2. The van der Waals surface area contributed by atoms with Gasteiger partial charge in [-0.3, -0.25) is 4.79 Å². The number of rotatable bonds is 5. The van der Waals surface area contributed by atoms with Gasteiger partial charge >= 0.3 is 5.97 Å². The first-order valence-electron chi connectivity index (χ1n) is 5.64. The van der Waals surface area contributed by atoms with Gasteiger partial charge in [-0.25, -0.2) is 0 Å². The van der Waals surface area contributed by atoms with Crippen molar-refractivity contribution < 1.29 is 9.90 Å². The van der Waals surface area contributed by atoms with Crippen molar-refractivity contribution in [3.63, 3.8) is 0 Å². The van der Waals surface area contributed by atoms with Gasteiger partial charge in [0.15, 0.2) is 0 Å². The fourth-order valence-electron chi connectivity index (χ4n) is 2.06. The summed E-state index contributed by atoms with van der Waals surface area (Å²) in [5.41, 5.74) is -0.401. The maximum Gasteiger partial charge on any atom is 0.309 e. The Labute approximate surface area is 100 Å². The quantitative estimate of drug-likeness (QED) is 0.796. The predicted octanol–water partition coefficient (Wildman–Crippen LogP) is 3.42. The highest BCUT2D eigenvalue weighted by molar-refractivity contribution is 7.99. The van der Waals surface area contributed by atoms with Crippen molar-refractivity contribution >= 4 is 17.7 Å². The number of thioether (sulfide) groups is 1. The van der Waals surface area contributed by atoms with E-state index in [9.17, 15) is 9.90 Å². The average molecular weight is 236 g/mol. The van der Waals surface area contributed by atoms with Gasteiger partial charge < -0.3 is 5.11 Å². The summed E-state index contributed by atoms with van der Waals surface area (Å²) < 4.78 is 0. The van der Waals surface area contributed by atoms with Gasteiger partial charge in [0.1, 0.15) is 0 Å². The Kier molecular flexibility index (Phi) is 3.54. The molecule has 1 aromatic carbocycles. The van der Waals surface area contributed by atoms with Crippen LogP contribution >= 0.6 is 11.8 Å². The zero-order valence-electron chi connectivity index (χ0n) is 9.19. The molecule has 0 amide bonds. The molecule has 0 atom stereocenters. The lowest BCUT2D eigenvalue weighted by atomic mass is 9.67. The molecule has 1 N–H and O–H groups in total. The predicted molar refractivity (Wildman–Crippen MR) is 65.7 cm³/mol. The van der Waals surface area contributed by atoms with Gasteiger partial charge in [0.05, 0.1) is 5.41 Å². The third kappa shape index (κ3) is 2.40. The molecule has 86 valence electrons. The lowest BCUT2D eigenvalue weighted by Crippen LogP contribution is -2.38. The summed E-state index contributed by atoms with van der Waals surface area (Å²) in [6.07, 6.45) is 3.58. The topological polar surface area (TPSA) is 37.3 Å². The van der Waals surface area contributed by atoms with E-state index in [0.717, 1.165) is 31.4 Å². The molecular formula is C13H16O2S. The molecule has 1 aliphatic carbocycles. The van der Waals surface area contributed by atoms with E-state index in [1.807, 2.05) is 18.2 Å². The first kappa shape index (κ1) is 11.5. The second-order valence-corrected chi connectivity index (χ2v) is 5.52. The van der Waals surface area contributed by atoms with Gasteiger partial charge in [-0.1, -0.05) is 24.6 Å². The molecule has 1 aromatic rings. The second kappa shape index (κ2) is 4.91. The summed E-state index contributed by atoms with van der Waals surface area (Å²) in [6, 6.07) is 10.2. The summed E-state index contributed by atoms with van der Waals surface area (Å²) in [5.74, 6) is 0.295. The van der Waals surface area contributed by atoms with Crippen molar-refractivity contribution in [2.75, 3.05) is 5.75 Å². The molecule has 0 radical (unpaired) electrons. The molecule has 0 heterocycles. The molecule has 1 fully saturated rings. The lowest BCUT2D eigenvalue weighted by Gasteiger charge is -2.37. The van der Waals surface area contributed by atoms with Crippen LogP contribution in [0.3, 0.4) is 0 Å². The summed E-state index contributed by atoms with van der Waals surface area (Å²) in [5, 5.41) is 9.17. The number of hydrogen-bond acceptors (Lipinski definition) is 2. The molecule has 2 nitrogen and oxygen atoms in total. The van der Waals surface area contributed by atoms with Gasteiger partial charge in [-0.15, -0.1) is 11.8 Å². The third-order valence-electron chi connectivity index (χ3n) is 3.36. The van der Waals surface area contributed by atoms with Gasteiger partial charge in [-0.05, 0) is 37.1 Å². The van der Waals surface area contributed by atoms with Crippen LogP contribution in [0, 0.1) is 5.41 Å². The number of aliphatic carboxylic acids is 1. The van der Waals surface area contributed by atoms with E-state index < -0.39 is 11.4 Å². The molecule has 16 heavy (non-hydrogen) atoms. The Morgan fingerprint density at radius 3 is 2.50 bits per heavy atom. The van der Waals surface area contributed by atoms with E-state index in [0.29, 0.717) is 0 Å². The largest absolute Gasteiger partial charge is 0.481 e. The molecule has 1 aliphatic rings. The summed E-state index contributed by atoms with van der Waals surface area (Å²) in [6.45, 7) is 0. The first-order chi connectivity index (χ1) is 7.73. The molecule has 0 saturated heterocycles. The van der Waals surface area contributed by atoms with Crippen LogP contribution in [0.15, 0.2) is 35.2 Å². The van der Waals surface area contributed by atoms with Gasteiger partial charge in [0.2, 0.25) is 0 Å². The van der Waals surface area contributed by atoms with Crippen LogP contribution in [0.5, 0.6) is 0 Å². The van der Waals surface area contributed by atoms with Crippen LogP contribution in [0.25, 0.3) is 0 Å². The standard InChI is InChI=1S/C13H16O2S/c14-12(15)13(7-4-8-13)9-10-16-11-5-2-1-3-6-11/h1-3,5-6H,4,7-10H2,(H,14,15). The van der Waals surface area contributed by atoms with E-state index in [4.69, 9.17) is 0 Å². The van der Waals surface area contributed by atoms with Crippen LogP contribution < -0.4 is 0 Å². The number of hydrogen-bond donors (Lipinski definition) is 1. The molecule has 3 heteroatoms. The summed E-state index contributed by atoms with van der Waals surface area (Å²) >= 11 is 1.75. The molecule has 1 saturated carbocycles. The number of benzene rings is 1. The molecule has 2 rings (SSSR count). The Morgan fingerprint density at radius 1 is 1.31 bits per heavy atom. The minimum atomic E-state index is -0.604. The molecule has 0 aliphatic heterocycles. The normalized spacial score (nSPS) is 17.8. The highest BCUT2D eigenvalue weighted by Gasteiger charge is 2.43. The van der Waals surface area contributed by atoms with Crippen molar-refractivity contribution in [1.29, 1.82) is 0 Å². The smallest absolute Gasteiger partial charge is 0.309 e. The average Bonchev–Trinajstić information content (AvgIpc) is 2.23. The molecule has 0 spiro atoms. The Balaban J connectivity index is 1.82. The van der Waals surface area contributed by atoms with Crippen LogP contribution in [0.1, 0.15) is 25.7 Å². The minimum Gasteiger partial charge on any atom is -0.481 e. The van der Waals surface area contributed by atoms with Crippen molar-refractivity contribution in [2.24, 2.45) is 5.41 Å². The zero-order valence-corrected chi connectivity index (χ0v) is 10.0. The Bertz CT molecular complexity index is 357. The Morgan fingerprint density at radius 2 is 2.00 bits per heavy atom. The SMILES string of the molecule is O=C(O)C1(CCSc2ccccc2)CCC1. The third-order valence-corrected chi connectivity index (χ3v) is 4.37. The van der Waals surface area contributed by atoms with Crippen LogP contribution in [-0.4, -0.2) is 16.8 Å². The van der Waals surface area contributed by atoms with Crippen molar-refractivity contribution in [1.82, 2.24) is 0 Å². The van der Waals surface area contributed by atoms with E-state index >= 15 is 0 Å². The molecule has 0 unspecified atom stereocenters. The van der Waals surface area contributed by atoms with Gasteiger partial charge in [-0.2, -0.15) is 0 Å². The van der Waals surface area contributed by atoms with E-state index in [2.05, 4.69) is 12.1 Å². The van der Waals surface area contributed by atoms with Crippen molar-refractivity contribution in [3.8, 4) is 0 Å². The second-order valence-electron chi connectivity index (χ2n) is 4.35. The Hall–Kier alpha value is -0.960. The minimum absolute atomic E-state index is 0.401. The molecule has 0 bridgehead atoms. The van der Waals surface area contributed by atoms with Gasteiger partial charge in [0.25, 0.3) is 0 Å². The number of carbonyl (C=O) groups is 1. The maximum absolute atomic E-state index is 11.1. The van der Waals surface area contributed by atoms with E-state index in [-0.39, 0.29) is 0 Å². The van der Waals surface area contributed by atoms with E-state index in [1.165, 1.54) is 4.90 Å². The molecular weight excluding hydrogens is 220 g/mol. The summed E-state index contributed by atoms with van der Waals surface area (Å²) in [7, 11) is 0.